The lowest BCUT2D eigenvalue weighted by molar-refractivity contribution is 0.303. The first-order chi connectivity index (χ1) is 12.4. The predicted octanol–water partition coefficient (Wildman–Crippen LogP) is 5.55. The van der Waals surface area contributed by atoms with E-state index in [-0.39, 0.29) is 10.9 Å². The SMILES string of the molecule is CCCCCCCOc1cc(S(=O)(=O)NC2CCCCC2C)ccc1Cl. The van der Waals surface area contributed by atoms with Crippen molar-refractivity contribution in [3.05, 3.63) is 23.2 Å². The largest absolute Gasteiger partial charge is 0.492 e. The van der Waals surface area contributed by atoms with Crippen molar-refractivity contribution in [2.45, 2.75) is 82.6 Å². The highest BCUT2D eigenvalue weighted by atomic mass is 35.5. The summed E-state index contributed by atoms with van der Waals surface area (Å²) in [7, 11) is -3.56. The van der Waals surface area contributed by atoms with Crippen LogP contribution in [0.2, 0.25) is 5.02 Å². The van der Waals surface area contributed by atoms with Gasteiger partial charge < -0.3 is 4.74 Å². The molecule has 0 aliphatic heterocycles. The molecule has 0 saturated heterocycles. The fourth-order valence-electron chi connectivity index (χ4n) is 3.41. The molecule has 0 spiro atoms. The van der Waals surface area contributed by atoms with Gasteiger partial charge in [-0.2, -0.15) is 0 Å². The van der Waals surface area contributed by atoms with Gasteiger partial charge in [0.05, 0.1) is 16.5 Å². The second-order valence-corrected chi connectivity index (χ2v) is 9.47. The Kier molecular flexibility index (Phi) is 8.71. The van der Waals surface area contributed by atoms with Gasteiger partial charge in [0.15, 0.2) is 0 Å². The maximum Gasteiger partial charge on any atom is 0.240 e. The highest BCUT2D eigenvalue weighted by Gasteiger charge is 2.27. The average molecular weight is 402 g/mol. The molecule has 148 valence electrons. The van der Waals surface area contributed by atoms with Crippen molar-refractivity contribution in [3.63, 3.8) is 0 Å². The summed E-state index contributed by atoms with van der Waals surface area (Å²) in [5, 5.41) is 0.448. The Morgan fingerprint density at radius 3 is 2.62 bits per heavy atom. The summed E-state index contributed by atoms with van der Waals surface area (Å²) < 4.78 is 34.1. The molecule has 0 aromatic heterocycles. The van der Waals surface area contributed by atoms with E-state index >= 15 is 0 Å². The van der Waals surface area contributed by atoms with Crippen LogP contribution >= 0.6 is 11.6 Å². The fraction of sp³-hybridized carbons (Fsp3) is 0.700. The number of hydrogen-bond donors (Lipinski definition) is 1. The highest BCUT2D eigenvalue weighted by Crippen LogP contribution is 2.29. The van der Waals surface area contributed by atoms with Gasteiger partial charge in [-0.05, 0) is 37.3 Å². The minimum absolute atomic E-state index is 0.00682. The summed E-state index contributed by atoms with van der Waals surface area (Å²) in [6.45, 7) is 4.85. The van der Waals surface area contributed by atoms with Gasteiger partial charge in [0.1, 0.15) is 5.75 Å². The summed E-state index contributed by atoms with van der Waals surface area (Å²) in [6, 6.07) is 4.70. The van der Waals surface area contributed by atoms with Crippen LogP contribution in [-0.4, -0.2) is 21.1 Å². The van der Waals surface area contributed by atoms with Gasteiger partial charge in [-0.15, -0.1) is 0 Å². The molecule has 1 aliphatic carbocycles. The number of ether oxygens (including phenoxy) is 1. The van der Waals surface area contributed by atoms with Gasteiger partial charge in [0.2, 0.25) is 10.0 Å². The number of halogens is 1. The van der Waals surface area contributed by atoms with E-state index in [1.165, 1.54) is 25.7 Å². The van der Waals surface area contributed by atoms with Crippen molar-refractivity contribution in [2.75, 3.05) is 6.61 Å². The third-order valence-electron chi connectivity index (χ3n) is 5.14. The van der Waals surface area contributed by atoms with E-state index in [9.17, 15) is 8.42 Å². The fourth-order valence-corrected chi connectivity index (χ4v) is 4.97. The minimum Gasteiger partial charge on any atom is -0.492 e. The molecule has 1 aromatic carbocycles. The van der Waals surface area contributed by atoms with Crippen LogP contribution in [0.4, 0.5) is 0 Å². The van der Waals surface area contributed by atoms with Crippen LogP contribution in [0.15, 0.2) is 23.1 Å². The lowest BCUT2D eigenvalue weighted by Crippen LogP contribution is -2.40. The van der Waals surface area contributed by atoms with E-state index in [4.69, 9.17) is 16.3 Å². The van der Waals surface area contributed by atoms with E-state index in [0.29, 0.717) is 23.3 Å². The van der Waals surface area contributed by atoms with Crippen molar-refractivity contribution in [2.24, 2.45) is 5.92 Å². The van der Waals surface area contributed by atoms with Crippen molar-refractivity contribution >= 4 is 21.6 Å². The molecule has 0 amide bonds. The lowest BCUT2D eigenvalue weighted by atomic mass is 9.87. The Hall–Kier alpha value is -0.780. The van der Waals surface area contributed by atoms with Gasteiger partial charge in [-0.3, -0.25) is 0 Å². The van der Waals surface area contributed by atoms with E-state index in [2.05, 4.69) is 18.6 Å². The molecular formula is C20H32ClNO3S. The van der Waals surface area contributed by atoms with Gasteiger partial charge in [-0.25, -0.2) is 13.1 Å². The summed E-state index contributed by atoms with van der Waals surface area (Å²) in [6.07, 6.45) is 9.93. The molecule has 0 radical (unpaired) electrons. The van der Waals surface area contributed by atoms with E-state index < -0.39 is 10.0 Å². The maximum absolute atomic E-state index is 12.7. The standard InChI is InChI=1S/C20H32ClNO3S/c1-3-4-5-6-9-14-25-20-15-17(12-13-18(20)21)26(23,24)22-19-11-8-7-10-16(19)2/h12-13,15-16,19,22H,3-11,14H2,1-2H3. The highest BCUT2D eigenvalue weighted by molar-refractivity contribution is 7.89. The van der Waals surface area contributed by atoms with Crippen LogP contribution in [-0.2, 0) is 10.0 Å². The molecule has 2 unspecified atom stereocenters. The molecule has 0 heterocycles. The molecule has 1 aliphatic rings. The van der Waals surface area contributed by atoms with E-state index in [0.717, 1.165) is 32.1 Å². The van der Waals surface area contributed by atoms with Gasteiger partial charge in [0, 0.05) is 12.1 Å². The predicted molar refractivity (Wildman–Crippen MR) is 107 cm³/mol. The van der Waals surface area contributed by atoms with Crippen molar-refractivity contribution in [3.8, 4) is 5.75 Å². The molecule has 0 bridgehead atoms. The number of benzene rings is 1. The summed E-state index contributed by atoms with van der Waals surface area (Å²) in [5.74, 6) is 0.811. The number of sulfonamides is 1. The molecule has 2 atom stereocenters. The zero-order valence-corrected chi connectivity index (χ0v) is 17.5. The monoisotopic (exact) mass is 401 g/mol. The zero-order chi connectivity index (χ0) is 19.0. The number of nitrogens with one attached hydrogen (secondary N) is 1. The molecule has 6 heteroatoms. The second kappa shape index (κ2) is 10.5. The van der Waals surface area contributed by atoms with Crippen molar-refractivity contribution < 1.29 is 13.2 Å². The van der Waals surface area contributed by atoms with Crippen molar-refractivity contribution in [1.82, 2.24) is 4.72 Å². The normalized spacial score (nSPS) is 20.9. The first-order valence-corrected chi connectivity index (χ1v) is 11.7. The molecule has 1 fully saturated rings. The maximum atomic E-state index is 12.7. The first kappa shape index (κ1) is 21.5. The van der Waals surface area contributed by atoms with Crippen LogP contribution in [0.25, 0.3) is 0 Å². The van der Waals surface area contributed by atoms with Gasteiger partial charge >= 0.3 is 0 Å². The Balaban J connectivity index is 1.98. The minimum atomic E-state index is -3.56. The second-order valence-electron chi connectivity index (χ2n) is 7.34. The summed E-state index contributed by atoms with van der Waals surface area (Å²) in [5.41, 5.74) is 0. The van der Waals surface area contributed by atoms with Crippen LogP contribution in [0.5, 0.6) is 5.75 Å². The summed E-state index contributed by atoms with van der Waals surface area (Å²) in [4.78, 5) is 0.223. The quantitative estimate of drug-likeness (QED) is 0.523. The Labute approximate surface area is 163 Å². The zero-order valence-electron chi connectivity index (χ0n) is 16.0. The topological polar surface area (TPSA) is 55.4 Å². The van der Waals surface area contributed by atoms with E-state index in [1.807, 2.05) is 0 Å². The third kappa shape index (κ3) is 6.43. The Bertz CT molecular complexity index is 663. The van der Waals surface area contributed by atoms with Gasteiger partial charge in [0.25, 0.3) is 0 Å². The molecule has 1 aromatic rings. The Morgan fingerprint density at radius 2 is 1.88 bits per heavy atom. The molecule has 26 heavy (non-hydrogen) atoms. The molecular weight excluding hydrogens is 370 g/mol. The van der Waals surface area contributed by atoms with Crippen molar-refractivity contribution in [1.29, 1.82) is 0 Å². The number of rotatable bonds is 10. The summed E-state index contributed by atoms with van der Waals surface area (Å²) >= 11 is 6.18. The number of hydrogen-bond acceptors (Lipinski definition) is 3. The first-order valence-electron chi connectivity index (χ1n) is 9.88. The molecule has 1 saturated carbocycles. The van der Waals surface area contributed by atoms with E-state index in [1.54, 1.807) is 18.2 Å². The Morgan fingerprint density at radius 1 is 1.15 bits per heavy atom. The van der Waals surface area contributed by atoms with Crippen LogP contribution in [0.3, 0.4) is 0 Å². The molecule has 4 nitrogen and oxygen atoms in total. The molecule has 1 N–H and O–H groups in total. The van der Waals surface area contributed by atoms with Gasteiger partial charge in [-0.1, -0.05) is 64.0 Å². The van der Waals surface area contributed by atoms with Crippen LogP contribution in [0.1, 0.15) is 71.6 Å². The smallest absolute Gasteiger partial charge is 0.240 e. The third-order valence-corrected chi connectivity index (χ3v) is 6.94. The average Bonchev–Trinajstić information content (AvgIpc) is 2.61. The molecule has 2 rings (SSSR count). The van der Waals surface area contributed by atoms with Crippen LogP contribution < -0.4 is 9.46 Å². The lowest BCUT2D eigenvalue weighted by Gasteiger charge is -2.29. The van der Waals surface area contributed by atoms with Crippen LogP contribution in [0, 0.1) is 5.92 Å². The number of unbranched alkanes of at least 4 members (excludes halogenated alkanes) is 4.